The standard InChI is InChI=1S/C14H19BrN4/c1-9-14(10(2)19(4)18-9)13(16-3)6-11-5-12(15)8-17-7-11/h5,7-8,13,16H,6H2,1-4H3. The second-order valence-electron chi connectivity index (χ2n) is 4.76. The lowest BCUT2D eigenvalue weighted by Crippen LogP contribution is -2.20. The second-order valence-corrected chi connectivity index (χ2v) is 5.68. The third-order valence-corrected chi connectivity index (χ3v) is 3.90. The van der Waals surface area contributed by atoms with Crippen LogP contribution in [0, 0.1) is 13.8 Å². The van der Waals surface area contributed by atoms with Gasteiger partial charge < -0.3 is 5.32 Å². The summed E-state index contributed by atoms with van der Waals surface area (Å²) in [5.74, 6) is 0. The number of rotatable bonds is 4. The first kappa shape index (κ1) is 14.2. The number of hydrogen-bond donors (Lipinski definition) is 1. The molecule has 5 heteroatoms. The first-order valence-electron chi connectivity index (χ1n) is 6.29. The van der Waals surface area contributed by atoms with E-state index in [1.165, 1.54) is 16.8 Å². The van der Waals surface area contributed by atoms with Crippen LogP contribution in [0.4, 0.5) is 0 Å². The van der Waals surface area contributed by atoms with Crippen molar-refractivity contribution in [1.29, 1.82) is 0 Å². The molecule has 0 fully saturated rings. The number of nitrogens with one attached hydrogen (secondary N) is 1. The van der Waals surface area contributed by atoms with E-state index in [4.69, 9.17) is 0 Å². The van der Waals surface area contributed by atoms with E-state index >= 15 is 0 Å². The first-order chi connectivity index (χ1) is 9.02. The van der Waals surface area contributed by atoms with Gasteiger partial charge in [-0.2, -0.15) is 5.10 Å². The van der Waals surface area contributed by atoms with Crippen LogP contribution in [0.15, 0.2) is 22.9 Å². The maximum atomic E-state index is 4.49. The Balaban J connectivity index is 2.30. The van der Waals surface area contributed by atoms with Crippen LogP contribution in [-0.4, -0.2) is 21.8 Å². The van der Waals surface area contributed by atoms with Gasteiger partial charge in [0, 0.05) is 41.2 Å². The van der Waals surface area contributed by atoms with Gasteiger partial charge in [-0.15, -0.1) is 0 Å². The molecule has 2 aromatic heterocycles. The van der Waals surface area contributed by atoms with Gasteiger partial charge in [-0.1, -0.05) is 0 Å². The smallest absolute Gasteiger partial charge is 0.0644 e. The summed E-state index contributed by atoms with van der Waals surface area (Å²) in [5.41, 5.74) is 4.78. The van der Waals surface area contributed by atoms with Crippen LogP contribution in [0.5, 0.6) is 0 Å². The SMILES string of the molecule is CNC(Cc1cncc(Br)c1)c1c(C)nn(C)c1C. The van der Waals surface area contributed by atoms with Gasteiger partial charge in [0.2, 0.25) is 0 Å². The lowest BCUT2D eigenvalue weighted by molar-refractivity contribution is 0.583. The predicted molar refractivity (Wildman–Crippen MR) is 80.1 cm³/mol. The van der Waals surface area contributed by atoms with Crippen LogP contribution >= 0.6 is 15.9 Å². The van der Waals surface area contributed by atoms with Gasteiger partial charge in [0.1, 0.15) is 0 Å². The Morgan fingerprint density at radius 2 is 2.11 bits per heavy atom. The van der Waals surface area contributed by atoms with E-state index in [9.17, 15) is 0 Å². The highest BCUT2D eigenvalue weighted by Gasteiger charge is 2.19. The Labute approximate surface area is 122 Å². The van der Waals surface area contributed by atoms with Crippen molar-refractivity contribution in [3.05, 3.63) is 45.4 Å². The van der Waals surface area contributed by atoms with E-state index in [0.717, 1.165) is 16.6 Å². The minimum atomic E-state index is 0.254. The maximum absolute atomic E-state index is 4.49. The van der Waals surface area contributed by atoms with Crippen LogP contribution in [0.2, 0.25) is 0 Å². The van der Waals surface area contributed by atoms with Crippen LogP contribution in [0.3, 0.4) is 0 Å². The molecule has 1 N–H and O–H groups in total. The summed E-state index contributed by atoms with van der Waals surface area (Å²) in [5, 5.41) is 7.88. The molecule has 0 amide bonds. The van der Waals surface area contributed by atoms with Gasteiger partial charge in [-0.05, 0) is 54.9 Å². The number of aromatic nitrogens is 3. The Hall–Kier alpha value is -1.20. The highest BCUT2D eigenvalue weighted by molar-refractivity contribution is 9.10. The van der Waals surface area contributed by atoms with E-state index in [1.54, 1.807) is 6.20 Å². The fourth-order valence-electron chi connectivity index (χ4n) is 2.45. The van der Waals surface area contributed by atoms with E-state index in [2.05, 4.69) is 51.2 Å². The quantitative estimate of drug-likeness (QED) is 0.941. The normalized spacial score (nSPS) is 12.7. The van der Waals surface area contributed by atoms with E-state index in [0.29, 0.717) is 0 Å². The predicted octanol–water partition coefficient (Wildman–Crippen LogP) is 2.70. The van der Waals surface area contributed by atoms with Gasteiger partial charge in [-0.25, -0.2) is 0 Å². The molecular weight excluding hydrogens is 304 g/mol. The summed E-state index contributed by atoms with van der Waals surface area (Å²) in [6, 6.07) is 2.36. The Kier molecular flexibility index (Phi) is 4.37. The molecule has 0 aromatic carbocycles. The average Bonchev–Trinajstić information content (AvgIpc) is 2.61. The largest absolute Gasteiger partial charge is 0.313 e. The molecule has 0 radical (unpaired) electrons. The molecule has 0 saturated carbocycles. The van der Waals surface area contributed by atoms with Crippen molar-refractivity contribution >= 4 is 15.9 Å². The minimum Gasteiger partial charge on any atom is -0.313 e. The lowest BCUT2D eigenvalue weighted by atomic mass is 9.98. The van der Waals surface area contributed by atoms with E-state index in [-0.39, 0.29) is 6.04 Å². The van der Waals surface area contributed by atoms with Gasteiger partial charge >= 0.3 is 0 Å². The molecule has 2 rings (SSSR count). The van der Waals surface area contributed by atoms with Crippen molar-refractivity contribution < 1.29 is 0 Å². The zero-order chi connectivity index (χ0) is 14.0. The highest BCUT2D eigenvalue weighted by atomic mass is 79.9. The van der Waals surface area contributed by atoms with Crippen molar-refractivity contribution in [2.75, 3.05) is 7.05 Å². The van der Waals surface area contributed by atoms with Crippen LogP contribution in [0.25, 0.3) is 0 Å². The van der Waals surface area contributed by atoms with Crippen molar-refractivity contribution in [2.24, 2.45) is 7.05 Å². The highest BCUT2D eigenvalue weighted by Crippen LogP contribution is 2.24. The molecule has 0 bridgehead atoms. The minimum absolute atomic E-state index is 0.254. The Morgan fingerprint density at radius 3 is 2.63 bits per heavy atom. The second kappa shape index (κ2) is 5.84. The first-order valence-corrected chi connectivity index (χ1v) is 7.09. The lowest BCUT2D eigenvalue weighted by Gasteiger charge is -2.17. The van der Waals surface area contributed by atoms with E-state index < -0.39 is 0 Å². The van der Waals surface area contributed by atoms with Gasteiger partial charge in [-0.3, -0.25) is 9.67 Å². The number of hydrogen-bond acceptors (Lipinski definition) is 3. The summed E-state index contributed by atoms with van der Waals surface area (Å²) in [4.78, 5) is 4.22. The summed E-state index contributed by atoms with van der Waals surface area (Å²) >= 11 is 3.46. The van der Waals surface area contributed by atoms with Crippen molar-refractivity contribution in [2.45, 2.75) is 26.3 Å². The summed E-state index contributed by atoms with van der Waals surface area (Å²) in [6.45, 7) is 4.17. The number of pyridine rings is 1. The number of halogens is 1. The van der Waals surface area contributed by atoms with Crippen molar-refractivity contribution in [3.63, 3.8) is 0 Å². The van der Waals surface area contributed by atoms with Crippen LogP contribution in [0.1, 0.15) is 28.6 Å². The van der Waals surface area contributed by atoms with Crippen molar-refractivity contribution in [3.8, 4) is 0 Å². The summed E-state index contributed by atoms with van der Waals surface area (Å²) in [7, 11) is 3.97. The molecule has 0 spiro atoms. The maximum Gasteiger partial charge on any atom is 0.0644 e. The molecule has 0 saturated heterocycles. The number of likely N-dealkylation sites (N-methyl/N-ethyl adjacent to an activating group) is 1. The number of nitrogens with zero attached hydrogens (tertiary/aromatic N) is 3. The van der Waals surface area contributed by atoms with Gasteiger partial charge in [0.25, 0.3) is 0 Å². The third kappa shape index (κ3) is 3.04. The van der Waals surface area contributed by atoms with Gasteiger partial charge in [0.15, 0.2) is 0 Å². The zero-order valence-electron chi connectivity index (χ0n) is 11.7. The van der Waals surface area contributed by atoms with E-state index in [1.807, 2.05) is 25.0 Å². The average molecular weight is 323 g/mol. The molecule has 19 heavy (non-hydrogen) atoms. The molecule has 0 aliphatic carbocycles. The molecule has 1 unspecified atom stereocenters. The van der Waals surface area contributed by atoms with Gasteiger partial charge in [0.05, 0.1) is 5.69 Å². The molecule has 2 heterocycles. The fraction of sp³-hybridized carbons (Fsp3) is 0.429. The molecule has 2 aromatic rings. The molecule has 102 valence electrons. The zero-order valence-corrected chi connectivity index (χ0v) is 13.3. The third-order valence-electron chi connectivity index (χ3n) is 3.46. The fourth-order valence-corrected chi connectivity index (χ4v) is 2.86. The molecule has 0 aliphatic rings. The topological polar surface area (TPSA) is 42.7 Å². The monoisotopic (exact) mass is 322 g/mol. The molecule has 1 atom stereocenters. The Morgan fingerprint density at radius 1 is 1.37 bits per heavy atom. The summed E-state index contributed by atoms with van der Waals surface area (Å²) in [6.07, 6.45) is 4.62. The molecular formula is C14H19BrN4. The van der Waals surface area contributed by atoms with Crippen LogP contribution < -0.4 is 5.32 Å². The van der Waals surface area contributed by atoms with Crippen LogP contribution in [-0.2, 0) is 13.5 Å². The Bertz CT molecular complexity index is 577. The summed E-state index contributed by atoms with van der Waals surface area (Å²) < 4.78 is 2.95. The van der Waals surface area contributed by atoms with Crippen molar-refractivity contribution in [1.82, 2.24) is 20.1 Å². The number of aryl methyl sites for hydroxylation is 2. The molecule has 0 aliphatic heterocycles. The molecule has 4 nitrogen and oxygen atoms in total.